The van der Waals surface area contributed by atoms with Crippen LogP contribution in [0.5, 0.6) is 0 Å². The first-order valence-electron chi connectivity index (χ1n) is 4.37. The number of carbonyl (C=O) groups is 1. The second-order valence-corrected chi connectivity index (χ2v) is 3.52. The fourth-order valence-electron chi connectivity index (χ4n) is 1.19. The number of carboxylic acid groups (broad SMARTS) is 1. The Bertz CT molecular complexity index is 425. The molecular weight excluding hydrogens is 197 g/mol. The van der Waals surface area contributed by atoms with Gasteiger partial charge in [-0.3, -0.25) is 4.79 Å². The van der Waals surface area contributed by atoms with E-state index >= 15 is 0 Å². The molecule has 0 radical (unpaired) electrons. The summed E-state index contributed by atoms with van der Waals surface area (Å²) in [6.45, 7) is 1.28. The third-order valence-electron chi connectivity index (χ3n) is 2.22. The summed E-state index contributed by atoms with van der Waals surface area (Å²) in [6.07, 6.45) is -0.133. The highest BCUT2D eigenvalue weighted by Crippen LogP contribution is 2.23. The number of nitriles is 1. The molecule has 0 heterocycles. The Balaban J connectivity index is 3.01. The molecule has 0 bridgehead atoms. The predicted octanol–water partition coefficient (Wildman–Crippen LogP) is 1.98. The number of benzene rings is 1. The van der Waals surface area contributed by atoms with Crippen LogP contribution < -0.4 is 0 Å². The van der Waals surface area contributed by atoms with Crippen molar-refractivity contribution in [2.45, 2.75) is 13.3 Å². The first-order chi connectivity index (χ1) is 6.99. The van der Waals surface area contributed by atoms with Gasteiger partial charge in [-0.05, 0) is 18.6 Å². The number of hydrogen-bond donors (Lipinski definition) is 1. The first-order valence-corrected chi connectivity index (χ1v) is 4.37. The van der Waals surface area contributed by atoms with Gasteiger partial charge in [0.1, 0.15) is 5.82 Å². The molecule has 78 valence electrons. The molecule has 1 aromatic carbocycles. The van der Waals surface area contributed by atoms with Crippen molar-refractivity contribution in [1.29, 1.82) is 5.26 Å². The highest BCUT2D eigenvalue weighted by atomic mass is 19.1. The number of aliphatic carboxylic acids is 1. The highest BCUT2D eigenvalue weighted by molar-refractivity contribution is 5.77. The van der Waals surface area contributed by atoms with Crippen molar-refractivity contribution >= 4 is 5.97 Å². The molecule has 0 unspecified atom stereocenters. The summed E-state index contributed by atoms with van der Waals surface area (Å²) in [7, 11) is 0. The summed E-state index contributed by atoms with van der Waals surface area (Å²) < 4.78 is 13.2. The van der Waals surface area contributed by atoms with Gasteiger partial charge in [0.05, 0.1) is 6.07 Å². The van der Waals surface area contributed by atoms with E-state index < -0.39 is 17.2 Å². The average Bonchev–Trinajstić information content (AvgIpc) is 2.21. The normalized spacial score (nSPS) is 13.9. The highest BCUT2D eigenvalue weighted by Gasteiger charge is 2.34. The summed E-state index contributed by atoms with van der Waals surface area (Å²) >= 11 is 0. The van der Waals surface area contributed by atoms with E-state index in [9.17, 15) is 9.18 Å². The number of hydrogen-bond acceptors (Lipinski definition) is 2. The molecule has 15 heavy (non-hydrogen) atoms. The Hall–Kier alpha value is -1.89. The van der Waals surface area contributed by atoms with Gasteiger partial charge in [-0.25, -0.2) is 4.39 Å². The lowest BCUT2D eigenvalue weighted by molar-refractivity contribution is -0.144. The number of rotatable bonds is 3. The van der Waals surface area contributed by atoms with Crippen molar-refractivity contribution in [1.82, 2.24) is 0 Å². The minimum atomic E-state index is -1.58. The molecule has 1 atom stereocenters. The fourth-order valence-corrected chi connectivity index (χ4v) is 1.19. The van der Waals surface area contributed by atoms with E-state index in [1.54, 1.807) is 12.1 Å². The summed E-state index contributed by atoms with van der Waals surface area (Å²) in [6, 6.07) is 7.54. The molecule has 0 spiro atoms. The van der Waals surface area contributed by atoms with Gasteiger partial charge < -0.3 is 5.11 Å². The van der Waals surface area contributed by atoms with Crippen molar-refractivity contribution in [3.63, 3.8) is 0 Å². The minimum Gasteiger partial charge on any atom is -0.480 e. The zero-order valence-corrected chi connectivity index (χ0v) is 8.20. The van der Waals surface area contributed by atoms with Crippen molar-refractivity contribution in [2.24, 2.45) is 5.41 Å². The van der Waals surface area contributed by atoms with Crippen molar-refractivity contribution in [3.05, 3.63) is 35.6 Å². The van der Waals surface area contributed by atoms with E-state index in [1.165, 1.54) is 25.1 Å². The van der Waals surface area contributed by atoms with Crippen LogP contribution in [0.3, 0.4) is 0 Å². The van der Waals surface area contributed by atoms with Crippen molar-refractivity contribution in [3.8, 4) is 6.07 Å². The zero-order valence-electron chi connectivity index (χ0n) is 8.20. The van der Waals surface area contributed by atoms with E-state index in [2.05, 4.69) is 0 Å². The smallest absolute Gasteiger partial charge is 0.324 e. The van der Waals surface area contributed by atoms with Crippen LogP contribution in [-0.2, 0) is 11.2 Å². The Morgan fingerprint density at radius 3 is 2.67 bits per heavy atom. The van der Waals surface area contributed by atoms with Crippen LogP contribution in [0.2, 0.25) is 0 Å². The molecule has 0 fully saturated rings. The van der Waals surface area contributed by atoms with Crippen LogP contribution in [0, 0.1) is 22.6 Å². The molecular formula is C11H10FNO2. The van der Waals surface area contributed by atoms with Gasteiger partial charge in [0.2, 0.25) is 0 Å². The maximum atomic E-state index is 13.2. The number of nitrogens with zero attached hydrogens (tertiary/aromatic N) is 1. The van der Waals surface area contributed by atoms with Crippen LogP contribution >= 0.6 is 0 Å². The Morgan fingerprint density at radius 2 is 2.20 bits per heavy atom. The minimum absolute atomic E-state index is 0.133. The summed E-state index contributed by atoms with van der Waals surface area (Å²) in [4.78, 5) is 10.8. The van der Waals surface area contributed by atoms with E-state index in [0.717, 1.165) is 0 Å². The molecule has 0 amide bonds. The van der Waals surface area contributed by atoms with Crippen LogP contribution in [0.25, 0.3) is 0 Å². The van der Waals surface area contributed by atoms with E-state index in [-0.39, 0.29) is 12.0 Å². The van der Waals surface area contributed by atoms with E-state index in [0.29, 0.717) is 0 Å². The quantitative estimate of drug-likeness (QED) is 0.824. The van der Waals surface area contributed by atoms with Crippen molar-refractivity contribution < 1.29 is 14.3 Å². The van der Waals surface area contributed by atoms with Gasteiger partial charge in [-0.2, -0.15) is 5.26 Å². The molecule has 4 heteroatoms. The summed E-state index contributed by atoms with van der Waals surface area (Å²) in [5.74, 6) is -1.73. The Labute approximate surface area is 86.8 Å². The summed E-state index contributed by atoms with van der Waals surface area (Å²) in [5, 5.41) is 17.6. The van der Waals surface area contributed by atoms with Gasteiger partial charge in [0.15, 0.2) is 5.41 Å². The first kappa shape index (κ1) is 11.2. The summed E-state index contributed by atoms with van der Waals surface area (Å²) in [5.41, 5.74) is -1.34. The lowest BCUT2D eigenvalue weighted by Crippen LogP contribution is -2.28. The molecule has 1 aromatic rings. The standard InChI is InChI=1S/C11H10FNO2/c1-11(7-13,10(14)15)6-8-4-2-3-5-9(8)12/h2-5H,6H2,1H3,(H,14,15)/t11-/m1/s1. The van der Waals surface area contributed by atoms with Crippen LogP contribution in [-0.4, -0.2) is 11.1 Å². The molecule has 1 N–H and O–H groups in total. The SMILES string of the molecule is C[C@](C#N)(Cc1ccccc1F)C(=O)O. The molecule has 1 rings (SSSR count). The topological polar surface area (TPSA) is 61.1 Å². The lowest BCUT2D eigenvalue weighted by Gasteiger charge is -2.15. The van der Waals surface area contributed by atoms with Gasteiger partial charge in [-0.1, -0.05) is 18.2 Å². The molecule has 0 aliphatic heterocycles. The van der Waals surface area contributed by atoms with Crippen molar-refractivity contribution in [2.75, 3.05) is 0 Å². The number of carboxylic acids is 1. The predicted molar refractivity (Wildman–Crippen MR) is 51.5 cm³/mol. The number of halogens is 1. The fraction of sp³-hybridized carbons (Fsp3) is 0.273. The van der Waals surface area contributed by atoms with Gasteiger partial charge >= 0.3 is 5.97 Å². The molecule has 0 aromatic heterocycles. The monoisotopic (exact) mass is 207 g/mol. The second kappa shape index (κ2) is 4.09. The molecule has 0 aliphatic rings. The maximum Gasteiger partial charge on any atom is 0.324 e. The van der Waals surface area contributed by atoms with E-state index in [4.69, 9.17) is 10.4 Å². The lowest BCUT2D eigenvalue weighted by atomic mass is 9.85. The van der Waals surface area contributed by atoms with E-state index in [1.807, 2.05) is 0 Å². The van der Waals surface area contributed by atoms with Gasteiger partial charge in [0.25, 0.3) is 0 Å². The zero-order chi connectivity index (χ0) is 11.5. The van der Waals surface area contributed by atoms with Crippen LogP contribution in [0.1, 0.15) is 12.5 Å². The molecule has 0 saturated carbocycles. The largest absolute Gasteiger partial charge is 0.480 e. The Kier molecular flexibility index (Phi) is 3.05. The second-order valence-electron chi connectivity index (χ2n) is 3.52. The molecule has 3 nitrogen and oxygen atoms in total. The van der Waals surface area contributed by atoms with Crippen LogP contribution in [0.15, 0.2) is 24.3 Å². The van der Waals surface area contributed by atoms with Gasteiger partial charge in [-0.15, -0.1) is 0 Å². The maximum absolute atomic E-state index is 13.2. The van der Waals surface area contributed by atoms with Gasteiger partial charge in [0, 0.05) is 6.42 Å². The molecule has 0 saturated heterocycles. The molecule has 0 aliphatic carbocycles. The third kappa shape index (κ3) is 2.32. The van der Waals surface area contributed by atoms with Crippen LogP contribution in [0.4, 0.5) is 4.39 Å². The third-order valence-corrected chi connectivity index (χ3v) is 2.22. The average molecular weight is 207 g/mol. The Morgan fingerprint density at radius 1 is 1.60 bits per heavy atom.